The molecule has 0 fully saturated rings. The van der Waals surface area contributed by atoms with E-state index in [1.54, 1.807) is 63.4 Å². The molecule has 11 heteroatoms. The zero-order valence-electron chi connectivity index (χ0n) is 25.9. The number of ether oxygens (including phenoxy) is 1. The van der Waals surface area contributed by atoms with Gasteiger partial charge in [-0.25, -0.2) is 9.18 Å². The monoisotopic (exact) mass is 601 g/mol. The summed E-state index contributed by atoms with van der Waals surface area (Å²) in [6.45, 7) is 8.29. The smallest absolute Gasteiger partial charge is 0.336 e. The minimum atomic E-state index is -0.689. The maximum Gasteiger partial charge on any atom is 0.336 e. The van der Waals surface area contributed by atoms with E-state index >= 15 is 4.39 Å². The van der Waals surface area contributed by atoms with Crippen molar-refractivity contribution < 1.29 is 13.9 Å². The summed E-state index contributed by atoms with van der Waals surface area (Å²) < 4.78 is 23.9. The normalized spacial score (nSPS) is 12.0. The van der Waals surface area contributed by atoms with E-state index in [-0.39, 0.29) is 40.4 Å². The largest absolute Gasteiger partial charge is 0.501 e. The highest BCUT2D eigenvalue weighted by atomic mass is 19.1. The van der Waals surface area contributed by atoms with E-state index in [4.69, 9.17) is 4.74 Å². The molecule has 4 aromatic rings. The summed E-state index contributed by atoms with van der Waals surface area (Å²) >= 11 is 0. The summed E-state index contributed by atoms with van der Waals surface area (Å²) in [7, 11) is 3.05. The van der Waals surface area contributed by atoms with Gasteiger partial charge in [0.15, 0.2) is 0 Å². The Hall–Kier alpha value is -5.19. The third-order valence-corrected chi connectivity index (χ3v) is 7.27. The van der Waals surface area contributed by atoms with E-state index in [2.05, 4.69) is 10.6 Å². The first kappa shape index (κ1) is 31.7. The summed E-state index contributed by atoms with van der Waals surface area (Å²) in [4.78, 5) is 53.8. The fraction of sp³-hybridized carbons (Fsp3) is 0.273. The predicted molar refractivity (Wildman–Crippen MR) is 172 cm³/mol. The van der Waals surface area contributed by atoms with Gasteiger partial charge in [-0.05, 0) is 62.7 Å². The van der Waals surface area contributed by atoms with Crippen molar-refractivity contribution in [3.63, 3.8) is 0 Å². The van der Waals surface area contributed by atoms with Gasteiger partial charge in [0.05, 0.1) is 36.3 Å². The van der Waals surface area contributed by atoms with Gasteiger partial charge >= 0.3 is 5.69 Å². The third kappa shape index (κ3) is 6.26. The Morgan fingerprint density at radius 2 is 1.75 bits per heavy atom. The van der Waals surface area contributed by atoms with Crippen LogP contribution < -0.4 is 27.4 Å². The standard InChI is InChI=1S/C33H36FN5O5/c1-8-25(44-7)14-12-20(3)18-38-32(42)28-29(39(33(38)43)24-11-9-10-23(17-24)35-22(5)40)21(4)31(41)37(6)30(28)36-27-15-13-19(2)16-26(27)34/h9-17,36H,8,18H2,1-7H3,(H,35,40)/b20-12+,25-14+. The zero-order valence-corrected chi connectivity index (χ0v) is 25.9. The van der Waals surface area contributed by atoms with Crippen molar-refractivity contribution in [1.29, 1.82) is 0 Å². The van der Waals surface area contributed by atoms with Gasteiger partial charge in [-0.1, -0.05) is 30.7 Å². The summed E-state index contributed by atoms with van der Waals surface area (Å²) in [6, 6.07) is 11.1. The number of nitrogens with zero attached hydrogens (tertiary/aromatic N) is 3. The predicted octanol–water partition coefficient (Wildman–Crippen LogP) is 5.20. The third-order valence-electron chi connectivity index (χ3n) is 7.27. The Bertz CT molecular complexity index is 2010. The number of methoxy groups -OCH3 is 1. The van der Waals surface area contributed by atoms with Crippen molar-refractivity contribution in [3.05, 3.63) is 114 Å². The Balaban J connectivity index is 2.13. The SMILES string of the molecule is CC/C(=C\C=C(/C)Cn1c(=O)c2c(Nc3ccc(C)cc3F)n(C)c(=O)c(C)c2n(-c2cccc(NC(C)=O)c2)c1=O)OC. The molecule has 2 aromatic carbocycles. The van der Waals surface area contributed by atoms with Crippen molar-refractivity contribution in [2.45, 2.75) is 47.6 Å². The molecule has 1 amide bonds. The first-order valence-electron chi connectivity index (χ1n) is 14.1. The number of carbonyl (C=O) groups excluding carboxylic acids is 1. The molecule has 44 heavy (non-hydrogen) atoms. The molecule has 230 valence electrons. The summed E-state index contributed by atoms with van der Waals surface area (Å²) in [5.41, 5.74) is 0.560. The zero-order chi connectivity index (χ0) is 32.3. The van der Waals surface area contributed by atoms with Crippen molar-refractivity contribution in [3.8, 4) is 5.69 Å². The van der Waals surface area contributed by atoms with Crippen LogP contribution in [0.15, 0.2) is 80.3 Å². The lowest BCUT2D eigenvalue weighted by Gasteiger charge is -2.21. The maximum absolute atomic E-state index is 15.0. The van der Waals surface area contributed by atoms with Gasteiger partial charge in [-0.2, -0.15) is 0 Å². The lowest BCUT2D eigenvalue weighted by Crippen LogP contribution is -2.42. The second-order valence-corrected chi connectivity index (χ2v) is 10.6. The number of aryl methyl sites for hydroxylation is 2. The van der Waals surface area contributed by atoms with Crippen LogP contribution >= 0.6 is 0 Å². The van der Waals surface area contributed by atoms with Gasteiger partial charge in [0.1, 0.15) is 17.0 Å². The Morgan fingerprint density at radius 1 is 1.02 bits per heavy atom. The maximum atomic E-state index is 15.0. The quantitative estimate of drug-likeness (QED) is 0.201. The number of rotatable bonds is 9. The molecule has 4 rings (SSSR count). The van der Waals surface area contributed by atoms with Gasteiger partial charge in [0.25, 0.3) is 11.1 Å². The Kier molecular flexibility index (Phi) is 9.37. The molecule has 0 aliphatic heterocycles. The molecule has 0 atom stereocenters. The highest BCUT2D eigenvalue weighted by Crippen LogP contribution is 2.27. The topological polar surface area (TPSA) is 116 Å². The van der Waals surface area contributed by atoms with E-state index in [0.29, 0.717) is 28.9 Å². The van der Waals surface area contributed by atoms with Crippen LogP contribution in [-0.4, -0.2) is 26.7 Å². The van der Waals surface area contributed by atoms with Gasteiger partial charge in [0, 0.05) is 31.6 Å². The number of carbonyl (C=O) groups is 1. The lowest BCUT2D eigenvalue weighted by atomic mass is 10.1. The number of amides is 1. The summed E-state index contributed by atoms with van der Waals surface area (Å²) in [5, 5.41) is 5.67. The van der Waals surface area contributed by atoms with E-state index in [1.165, 1.54) is 42.2 Å². The molecule has 0 unspecified atom stereocenters. The number of anilines is 3. The van der Waals surface area contributed by atoms with Crippen LogP contribution in [0.25, 0.3) is 16.6 Å². The average molecular weight is 602 g/mol. The Labute approximate surface area is 253 Å². The number of halogens is 1. The number of aromatic nitrogens is 3. The van der Waals surface area contributed by atoms with Gasteiger partial charge < -0.3 is 15.4 Å². The first-order chi connectivity index (χ1) is 20.9. The van der Waals surface area contributed by atoms with Crippen LogP contribution in [0.2, 0.25) is 0 Å². The number of hydrogen-bond donors (Lipinski definition) is 2. The van der Waals surface area contributed by atoms with Crippen LogP contribution in [0.1, 0.15) is 38.3 Å². The lowest BCUT2D eigenvalue weighted by molar-refractivity contribution is -0.114. The molecule has 0 saturated carbocycles. The summed E-state index contributed by atoms with van der Waals surface area (Å²) in [5.74, 6) is -0.131. The number of hydrogen-bond acceptors (Lipinski definition) is 6. The number of allylic oxidation sites excluding steroid dienone is 4. The molecule has 0 spiro atoms. The molecule has 0 saturated heterocycles. The molecule has 0 aliphatic rings. The van der Waals surface area contributed by atoms with E-state index in [9.17, 15) is 19.2 Å². The molecular formula is C33H36FN5O5. The van der Waals surface area contributed by atoms with Gasteiger partial charge in [-0.3, -0.25) is 28.1 Å². The van der Waals surface area contributed by atoms with Crippen molar-refractivity contribution >= 4 is 34.0 Å². The van der Waals surface area contributed by atoms with Gasteiger partial charge in [-0.15, -0.1) is 0 Å². The second kappa shape index (κ2) is 13.0. The number of benzene rings is 2. The van der Waals surface area contributed by atoms with Gasteiger partial charge in [0.2, 0.25) is 5.91 Å². The van der Waals surface area contributed by atoms with Crippen LogP contribution in [0.5, 0.6) is 0 Å². The van der Waals surface area contributed by atoms with Crippen LogP contribution in [-0.2, 0) is 23.1 Å². The highest BCUT2D eigenvalue weighted by Gasteiger charge is 2.24. The molecule has 10 nitrogen and oxygen atoms in total. The minimum absolute atomic E-state index is 0.0172. The second-order valence-electron chi connectivity index (χ2n) is 10.6. The van der Waals surface area contributed by atoms with Crippen molar-refractivity contribution in [2.24, 2.45) is 7.05 Å². The molecule has 0 radical (unpaired) electrons. The van der Waals surface area contributed by atoms with Crippen molar-refractivity contribution in [2.75, 3.05) is 17.7 Å². The fourth-order valence-electron chi connectivity index (χ4n) is 5.01. The number of fused-ring (bicyclic) bond motifs is 1. The molecular weight excluding hydrogens is 565 g/mol. The first-order valence-corrected chi connectivity index (χ1v) is 14.1. The van der Waals surface area contributed by atoms with E-state index in [1.807, 2.05) is 6.92 Å². The number of nitrogens with one attached hydrogen (secondary N) is 2. The average Bonchev–Trinajstić information content (AvgIpc) is 2.97. The highest BCUT2D eigenvalue weighted by molar-refractivity contribution is 5.94. The van der Waals surface area contributed by atoms with Crippen molar-refractivity contribution in [1.82, 2.24) is 13.7 Å². The summed E-state index contributed by atoms with van der Waals surface area (Å²) in [6.07, 6.45) is 4.20. The van der Waals surface area contributed by atoms with E-state index in [0.717, 1.165) is 10.3 Å². The van der Waals surface area contributed by atoms with Crippen LogP contribution in [0, 0.1) is 19.7 Å². The Morgan fingerprint density at radius 3 is 2.39 bits per heavy atom. The van der Waals surface area contributed by atoms with Crippen LogP contribution in [0.4, 0.5) is 21.6 Å². The fourth-order valence-corrected chi connectivity index (χ4v) is 5.01. The molecule has 0 aliphatic carbocycles. The van der Waals surface area contributed by atoms with Crippen LogP contribution in [0.3, 0.4) is 0 Å². The molecule has 2 N–H and O–H groups in total. The minimum Gasteiger partial charge on any atom is -0.501 e. The van der Waals surface area contributed by atoms with E-state index < -0.39 is 22.6 Å². The molecule has 2 heterocycles. The number of pyridine rings is 1. The molecule has 2 aromatic heterocycles. The molecule has 0 bridgehead atoms.